The van der Waals surface area contributed by atoms with E-state index in [0.29, 0.717) is 17.6 Å². The topological polar surface area (TPSA) is 94.6 Å². The van der Waals surface area contributed by atoms with Gasteiger partial charge in [-0.3, -0.25) is 0 Å². The smallest absolute Gasteiger partial charge is 0.342 e. The van der Waals surface area contributed by atoms with E-state index in [1.807, 2.05) is 12.1 Å². The van der Waals surface area contributed by atoms with E-state index in [1.54, 1.807) is 12.1 Å². The van der Waals surface area contributed by atoms with Gasteiger partial charge in [0.2, 0.25) is 0 Å². The fraction of sp³-hybridized carbons (Fsp3) is 0.333. The van der Waals surface area contributed by atoms with Crippen LogP contribution in [0.5, 0.6) is 5.75 Å². The first-order valence-electron chi connectivity index (χ1n) is 7.07. The van der Waals surface area contributed by atoms with Gasteiger partial charge in [0, 0.05) is 11.7 Å². The molecule has 23 heavy (non-hydrogen) atoms. The lowest BCUT2D eigenvalue weighted by molar-refractivity contribution is -0.391. The molecule has 0 amide bonds. The standard InChI is InChI=1S/C15H19N5O3/c1-10(2)18-11-5-7-12(8-6-11)23-15(16-3)14-17-9-13(19(14)4)20(21)22/h5-10,15,18H,3H2,1-2,4H3. The molecule has 1 aromatic carbocycles. The molecule has 0 aliphatic rings. The molecule has 2 rings (SSSR count). The third kappa shape index (κ3) is 3.85. The van der Waals surface area contributed by atoms with Crippen LogP contribution in [-0.4, -0.2) is 27.2 Å². The van der Waals surface area contributed by atoms with E-state index in [2.05, 4.69) is 35.9 Å². The number of rotatable bonds is 7. The summed E-state index contributed by atoms with van der Waals surface area (Å²) in [6.45, 7) is 7.58. The van der Waals surface area contributed by atoms with Crippen molar-refractivity contribution < 1.29 is 9.66 Å². The van der Waals surface area contributed by atoms with Crippen LogP contribution < -0.4 is 10.1 Å². The maximum absolute atomic E-state index is 10.9. The molecule has 1 aromatic heterocycles. The van der Waals surface area contributed by atoms with Crippen molar-refractivity contribution in [3.05, 3.63) is 46.4 Å². The van der Waals surface area contributed by atoms with E-state index in [4.69, 9.17) is 4.74 Å². The highest BCUT2D eigenvalue weighted by Gasteiger charge is 2.25. The van der Waals surface area contributed by atoms with Gasteiger partial charge in [-0.05, 0) is 49.8 Å². The zero-order chi connectivity index (χ0) is 17.0. The summed E-state index contributed by atoms with van der Waals surface area (Å²) < 4.78 is 7.05. The summed E-state index contributed by atoms with van der Waals surface area (Å²) in [5.74, 6) is 0.757. The lowest BCUT2D eigenvalue weighted by Crippen LogP contribution is -2.12. The number of aromatic nitrogens is 2. The molecule has 0 saturated heterocycles. The summed E-state index contributed by atoms with van der Waals surface area (Å²) in [4.78, 5) is 18.2. The van der Waals surface area contributed by atoms with Gasteiger partial charge in [0.05, 0.1) is 7.05 Å². The SMILES string of the molecule is C=NC(Oc1ccc(NC(C)C)cc1)c1ncc([N+](=O)[O-])n1C. The Morgan fingerprint density at radius 3 is 2.52 bits per heavy atom. The lowest BCUT2D eigenvalue weighted by atomic mass is 10.2. The van der Waals surface area contributed by atoms with Crippen molar-refractivity contribution in [1.29, 1.82) is 0 Å². The Labute approximate surface area is 134 Å². The summed E-state index contributed by atoms with van der Waals surface area (Å²) in [5.41, 5.74) is 0.975. The van der Waals surface area contributed by atoms with Crippen molar-refractivity contribution in [3.63, 3.8) is 0 Å². The molecular weight excluding hydrogens is 298 g/mol. The van der Waals surface area contributed by atoms with E-state index in [1.165, 1.54) is 17.8 Å². The number of hydrogen-bond donors (Lipinski definition) is 1. The molecule has 0 aliphatic carbocycles. The number of ether oxygens (including phenoxy) is 1. The molecule has 0 saturated carbocycles. The normalized spacial score (nSPS) is 12.0. The largest absolute Gasteiger partial charge is 0.459 e. The molecule has 8 heteroatoms. The molecule has 0 bridgehead atoms. The van der Waals surface area contributed by atoms with Gasteiger partial charge in [-0.2, -0.15) is 0 Å². The Bertz CT molecular complexity index is 694. The van der Waals surface area contributed by atoms with Gasteiger partial charge < -0.3 is 20.2 Å². The number of benzene rings is 1. The summed E-state index contributed by atoms with van der Waals surface area (Å²) in [6.07, 6.45) is 0.351. The van der Waals surface area contributed by atoms with Gasteiger partial charge >= 0.3 is 5.82 Å². The van der Waals surface area contributed by atoms with Crippen molar-refractivity contribution >= 4 is 18.2 Å². The summed E-state index contributed by atoms with van der Waals surface area (Å²) in [7, 11) is 1.54. The zero-order valence-corrected chi connectivity index (χ0v) is 13.3. The number of nitrogens with one attached hydrogen (secondary N) is 1. The van der Waals surface area contributed by atoms with Crippen LogP contribution in [0.3, 0.4) is 0 Å². The fourth-order valence-corrected chi connectivity index (χ4v) is 2.08. The number of aliphatic imine (C=N–C) groups is 1. The average Bonchev–Trinajstić information content (AvgIpc) is 2.88. The highest BCUT2D eigenvalue weighted by molar-refractivity contribution is 5.47. The Hall–Kier alpha value is -2.90. The van der Waals surface area contributed by atoms with Crippen molar-refractivity contribution in [2.24, 2.45) is 12.0 Å². The minimum atomic E-state index is -0.822. The predicted octanol–water partition coefficient (Wildman–Crippen LogP) is 2.93. The minimum absolute atomic E-state index is 0.131. The number of nitro groups is 1. The monoisotopic (exact) mass is 317 g/mol. The van der Waals surface area contributed by atoms with Crippen molar-refractivity contribution in [3.8, 4) is 5.75 Å². The van der Waals surface area contributed by atoms with Gasteiger partial charge in [-0.15, -0.1) is 0 Å². The van der Waals surface area contributed by atoms with Crippen LogP contribution in [-0.2, 0) is 7.05 Å². The second-order valence-electron chi connectivity index (χ2n) is 5.27. The summed E-state index contributed by atoms with van der Waals surface area (Å²) in [6, 6.07) is 7.69. The molecule has 0 radical (unpaired) electrons. The molecule has 0 fully saturated rings. The van der Waals surface area contributed by atoms with Crippen molar-refractivity contribution in [2.75, 3.05) is 5.32 Å². The zero-order valence-electron chi connectivity index (χ0n) is 13.3. The second kappa shape index (κ2) is 6.91. The quantitative estimate of drug-likeness (QED) is 0.481. The predicted molar refractivity (Wildman–Crippen MR) is 88.0 cm³/mol. The van der Waals surface area contributed by atoms with Crippen LogP contribution in [0.1, 0.15) is 25.9 Å². The molecule has 1 heterocycles. The third-order valence-corrected chi connectivity index (χ3v) is 3.13. The molecular formula is C15H19N5O3. The first-order valence-corrected chi connectivity index (χ1v) is 7.07. The molecule has 8 nitrogen and oxygen atoms in total. The van der Waals surface area contributed by atoms with Crippen molar-refractivity contribution in [1.82, 2.24) is 9.55 Å². The number of anilines is 1. The molecule has 0 aliphatic heterocycles. The maximum atomic E-state index is 10.9. The van der Waals surface area contributed by atoms with Crippen molar-refractivity contribution in [2.45, 2.75) is 26.1 Å². The van der Waals surface area contributed by atoms with Crippen LogP contribution in [0.4, 0.5) is 11.5 Å². The molecule has 0 spiro atoms. The molecule has 1 atom stereocenters. The molecule has 2 aromatic rings. The van der Waals surface area contributed by atoms with Gasteiger partial charge in [0.1, 0.15) is 11.9 Å². The summed E-state index contributed by atoms with van der Waals surface area (Å²) >= 11 is 0. The van der Waals surface area contributed by atoms with Crippen LogP contribution in [0.15, 0.2) is 35.5 Å². The number of nitrogens with zero attached hydrogens (tertiary/aromatic N) is 4. The fourth-order valence-electron chi connectivity index (χ4n) is 2.08. The number of imidazole rings is 1. The van der Waals surface area contributed by atoms with E-state index in [9.17, 15) is 10.1 Å². The highest BCUT2D eigenvalue weighted by atomic mass is 16.6. The Morgan fingerprint density at radius 2 is 2.04 bits per heavy atom. The lowest BCUT2D eigenvalue weighted by Gasteiger charge is -2.14. The third-order valence-electron chi connectivity index (χ3n) is 3.13. The Kier molecular flexibility index (Phi) is 4.95. The minimum Gasteiger partial charge on any atom is -0.459 e. The van der Waals surface area contributed by atoms with Gasteiger partial charge in [-0.25, -0.2) is 14.5 Å². The maximum Gasteiger partial charge on any atom is 0.342 e. The van der Waals surface area contributed by atoms with Gasteiger partial charge in [0.25, 0.3) is 12.1 Å². The van der Waals surface area contributed by atoms with E-state index < -0.39 is 11.2 Å². The van der Waals surface area contributed by atoms with Gasteiger partial charge in [-0.1, -0.05) is 0 Å². The second-order valence-corrected chi connectivity index (χ2v) is 5.27. The van der Waals surface area contributed by atoms with Crippen LogP contribution in [0.2, 0.25) is 0 Å². The first-order chi connectivity index (χ1) is 10.9. The Morgan fingerprint density at radius 1 is 1.39 bits per heavy atom. The van der Waals surface area contributed by atoms with Crippen LogP contribution >= 0.6 is 0 Å². The van der Waals surface area contributed by atoms with Gasteiger partial charge in [0.15, 0.2) is 0 Å². The highest BCUT2D eigenvalue weighted by Crippen LogP contribution is 2.25. The molecule has 122 valence electrons. The van der Waals surface area contributed by atoms with Crippen LogP contribution in [0.25, 0.3) is 0 Å². The number of hydrogen-bond acceptors (Lipinski definition) is 6. The Balaban J connectivity index is 2.16. The first kappa shape index (κ1) is 16.5. The van der Waals surface area contributed by atoms with E-state index in [0.717, 1.165) is 5.69 Å². The van der Waals surface area contributed by atoms with E-state index in [-0.39, 0.29) is 5.82 Å². The van der Waals surface area contributed by atoms with E-state index >= 15 is 0 Å². The molecule has 1 N–H and O–H groups in total. The van der Waals surface area contributed by atoms with Crippen LogP contribution in [0, 0.1) is 10.1 Å². The average molecular weight is 317 g/mol. The molecule has 1 unspecified atom stereocenters. The summed E-state index contributed by atoms with van der Waals surface area (Å²) in [5, 5.41) is 14.2.